The Morgan fingerprint density at radius 3 is 2.74 bits per heavy atom. The van der Waals surface area contributed by atoms with Crippen molar-refractivity contribution in [1.82, 2.24) is 14.7 Å². The van der Waals surface area contributed by atoms with E-state index < -0.39 is 35.7 Å². The minimum atomic E-state index is -2.11. The number of carbonyl (C=O) groups excluding carboxylic acids is 2. The van der Waals surface area contributed by atoms with Gasteiger partial charge in [-0.2, -0.15) is 0 Å². The van der Waals surface area contributed by atoms with Gasteiger partial charge in [0.2, 0.25) is 5.78 Å². The van der Waals surface area contributed by atoms with Crippen LogP contribution in [0.2, 0.25) is 0 Å². The van der Waals surface area contributed by atoms with Gasteiger partial charge in [-0.3, -0.25) is 19.4 Å². The first-order valence-electron chi connectivity index (χ1n) is 10.8. The molecule has 31 heavy (non-hydrogen) atoms. The van der Waals surface area contributed by atoms with E-state index in [1.807, 2.05) is 11.9 Å². The predicted octanol–water partition coefficient (Wildman–Crippen LogP) is -1.85. The molecule has 1 aliphatic carbocycles. The molecule has 0 aromatic heterocycles. The molecule has 0 amide bonds. The number of carbonyl (C=O) groups is 2. The van der Waals surface area contributed by atoms with E-state index in [1.54, 1.807) is 0 Å². The summed E-state index contributed by atoms with van der Waals surface area (Å²) in [6, 6.07) is -0.978. The maximum absolute atomic E-state index is 13.7. The molecule has 2 bridgehead atoms. The zero-order valence-electron chi connectivity index (χ0n) is 17.5. The first-order chi connectivity index (χ1) is 14.8. The van der Waals surface area contributed by atoms with Gasteiger partial charge in [0, 0.05) is 24.1 Å². The van der Waals surface area contributed by atoms with E-state index in [4.69, 9.17) is 14.2 Å². The number of rotatable bonds is 1. The number of likely N-dealkylation sites (N-methyl/N-ethyl adjacent to an activating group) is 1. The van der Waals surface area contributed by atoms with Crippen LogP contribution >= 0.6 is 0 Å². The van der Waals surface area contributed by atoms with Crippen LogP contribution in [-0.4, -0.2) is 112 Å². The number of aliphatic hydroxyl groups excluding tert-OH is 1. The van der Waals surface area contributed by atoms with Gasteiger partial charge in [0.1, 0.15) is 12.5 Å². The van der Waals surface area contributed by atoms with Crippen molar-refractivity contribution in [1.29, 1.82) is 0 Å². The van der Waals surface area contributed by atoms with Gasteiger partial charge in [-0.15, -0.1) is 0 Å². The Hall–Kier alpha value is -1.82. The van der Waals surface area contributed by atoms with Crippen LogP contribution in [0.15, 0.2) is 22.6 Å². The second kappa shape index (κ2) is 5.56. The summed E-state index contributed by atoms with van der Waals surface area (Å²) >= 11 is 0. The number of Topliss-reactive ketones (excluding diaryl/α,β-unsaturated/α-hetero) is 2. The third-order valence-electron chi connectivity index (χ3n) is 8.74. The minimum Gasteiger partial charge on any atom is -0.492 e. The molecule has 0 radical (unpaired) electrons. The van der Waals surface area contributed by atoms with E-state index in [0.717, 1.165) is 6.42 Å². The van der Waals surface area contributed by atoms with E-state index in [2.05, 4.69) is 9.80 Å². The molecule has 10 heteroatoms. The molecule has 6 heterocycles. The van der Waals surface area contributed by atoms with Gasteiger partial charge in [0.15, 0.2) is 23.4 Å². The number of ether oxygens (including phenoxy) is 3. The molecule has 6 aliphatic heterocycles. The summed E-state index contributed by atoms with van der Waals surface area (Å²) < 4.78 is 17.4. The Bertz CT molecular complexity index is 1010. The Morgan fingerprint density at radius 1 is 1.23 bits per heavy atom. The fourth-order valence-electron chi connectivity index (χ4n) is 7.74. The number of piperazine rings is 1. The van der Waals surface area contributed by atoms with E-state index in [9.17, 15) is 19.8 Å². The van der Waals surface area contributed by atoms with Crippen molar-refractivity contribution in [3.05, 3.63) is 22.6 Å². The largest absolute Gasteiger partial charge is 0.492 e. The fraction of sp³-hybridized carbons (Fsp3) is 0.714. The zero-order chi connectivity index (χ0) is 21.6. The Labute approximate surface area is 178 Å². The van der Waals surface area contributed by atoms with Crippen molar-refractivity contribution >= 4 is 11.6 Å². The summed E-state index contributed by atoms with van der Waals surface area (Å²) in [4.78, 5) is 33.6. The molecule has 5 fully saturated rings. The van der Waals surface area contributed by atoms with E-state index in [1.165, 1.54) is 14.0 Å². The molecule has 0 saturated carbocycles. The number of allylic oxidation sites excluding steroid dienone is 1. The highest BCUT2D eigenvalue weighted by Crippen LogP contribution is 2.59. The van der Waals surface area contributed by atoms with E-state index in [-0.39, 0.29) is 52.9 Å². The number of aliphatic hydroxyl groups is 2. The monoisotopic (exact) mass is 431 g/mol. The van der Waals surface area contributed by atoms with Crippen LogP contribution in [0.3, 0.4) is 0 Å². The number of methoxy groups -OCH3 is 1. The maximum atomic E-state index is 13.7. The molecular weight excluding hydrogens is 406 g/mol. The molecule has 0 aromatic rings. The summed E-state index contributed by atoms with van der Waals surface area (Å²) in [5.41, 5.74) is -1.89. The second-order valence-electron chi connectivity index (χ2n) is 9.69. The number of fused-ring (bicyclic) bond motifs is 7. The lowest BCUT2D eigenvalue weighted by molar-refractivity contribution is -0.197. The zero-order valence-corrected chi connectivity index (χ0v) is 17.5. The normalized spacial score (nSPS) is 50.4. The van der Waals surface area contributed by atoms with Gasteiger partial charge in [0.05, 0.1) is 43.1 Å². The molecule has 5 saturated heterocycles. The Balaban J connectivity index is 1.56. The first kappa shape index (κ1) is 18.7. The van der Waals surface area contributed by atoms with Crippen molar-refractivity contribution in [2.24, 2.45) is 5.92 Å². The molecule has 10 nitrogen and oxygen atoms in total. The molecule has 0 aromatic carbocycles. The van der Waals surface area contributed by atoms with Crippen LogP contribution in [0, 0.1) is 5.92 Å². The number of ketones is 2. The van der Waals surface area contributed by atoms with Gasteiger partial charge >= 0.3 is 0 Å². The van der Waals surface area contributed by atoms with Crippen molar-refractivity contribution in [2.75, 3.05) is 27.3 Å². The molecule has 9 atom stereocenters. The van der Waals surface area contributed by atoms with Crippen molar-refractivity contribution < 1.29 is 34.0 Å². The third kappa shape index (κ3) is 1.78. The summed E-state index contributed by atoms with van der Waals surface area (Å²) in [6.45, 7) is 2.59. The van der Waals surface area contributed by atoms with Crippen LogP contribution in [0.4, 0.5) is 0 Å². The molecule has 7 aliphatic rings. The van der Waals surface area contributed by atoms with Crippen LogP contribution in [0.1, 0.15) is 13.3 Å². The Morgan fingerprint density at radius 2 is 2.00 bits per heavy atom. The average Bonchev–Trinajstić information content (AvgIpc) is 3.41. The Kier molecular flexibility index (Phi) is 3.36. The predicted molar refractivity (Wildman–Crippen MR) is 102 cm³/mol. The summed E-state index contributed by atoms with van der Waals surface area (Å²) in [6.07, 6.45) is -1.25. The standard InChI is InChI=1S/C21H25N3O7/c1-7-15(29-3)14(25)10-12-20(27)31-19-9-6-8-11(22(9)2)13(24(12)19)16(21(10,28)17(7)26)23-4-5-30-18(8)23/h8-9,11,13,16,18-20,27-28H,4-6H2,1-3H3/t8-,9?,11+,13+,16-,18-,19+,20?,21?/m0/s1. The number of piperidine rings is 1. The van der Waals surface area contributed by atoms with Crippen LogP contribution in [-0.2, 0) is 23.8 Å². The van der Waals surface area contributed by atoms with Gasteiger partial charge < -0.3 is 29.3 Å². The topological polar surface area (TPSA) is 112 Å². The highest BCUT2D eigenvalue weighted by Gasteiger charge is 2.75. The molecule has 2 N–H and O–H groups in total. The summed E-state index contributed by atoms with van der Waals surface area (Å²) in [5, 5.41) is 23.1. The molecule has 0 spiro atoms. The fourth-order valence-corrected chi connectivity index (χ4v) is 7.74. The van der Waals surface area contributed by atoms with E-state index >= 15 is 0 Å². The van der Waals surface area contributed by atoms with Crippen molar-refractivity contribution in [3.63, 3.8) is 0 Å². The highest BCUT2D eigenvalue weighted by molar-refractivity contribution is 6.24. The third-order valence-corrected chi connectivity index (χ3v) is 8.74. The minimum absolute atomic E-state index is 0.0103. The van der Waals surface area contributed by atoms with Crippen molar-refractivity contribution in [2.45, 2.75) is 61.9 Å². The first-order valence-corrected chi connectivity index (χ1v) is 10.8. The number of hydrogen-bond acceptors (Lipinski definition) is 10. The quantitative estimate of drug-likeness (QED) is 0.491. The van der Waals surface area contributed by atoms with Gasteiger partial charge in [-0.25, -0.2) is 0 Å². The highest BCUT2D eigenvalue weighted by atomic mass is 16.6. The van der Waals surface area contributed by atoms with Crippen molar-refractivity contribution in [3.8, 4) is 0 Å². The summed E-state index contributed by atoms with van der Waals surface area (Å²) in [5.74, 6) is -1.02. The molecule has 3 unspecified atom stereocenters. The lowest BCUT2D eigenvalue weighted by atomic mass is 9.63. The average molecular weight is 431 g/mol. The van der Waals surface area contributed by atoms with Gasteiger partial charge in [0.25, 0.3) is 0 Å². The molecular formula is C21H25N3O7. The SMILES string of the molecule is COC1=C(C)C(=O)C2(O)C(=C3C(O)O[C@@H]4C5C[C@H]6[C@H]([C@H]([C@@H]2N2CCO[C@@H]62)N34)N5C)C1=O. The summed E-state index contributed by atoms with van der Waals surface area (Å²) in [7, 11) is 3.37. The number of hydrogen-bond donors (Lipinski definition) is 2. The molecule has 166 valence electrons. The van der Waals surface area contributed by atoms with Gasteiger partial charge in [-0.1, -0.05) is 0 Å². The second-order valence-corrected chi connectivity index (χ2v) is 9.69. The van der Waals surface area contributed by atoms with Crippen LogP contribution in [0.5, 0.6) is 0 Å². The van der Waals surface area contributed by atoms with Gasteiger partial charge in [-0.05, 0) is 20.4 Å². The smallest absolute Gasteiger partial charge is 0.229 e. The molecule has 7 rings (SSSR count). The number of nitrogens with zero attached hydrogens (tertiary/aromatic N) is 3. The van der Waals surface area contributed by atoms with Crippen LogP contribution in [0.25, 0.3) is 0 Å². The van der Waals surface area contributed by atoms with E-state index in [0.29, 0.717) is 13.2 Å². The lowest BCUT2D eigenvalue weighted by Gasteiger charge is -2.62. The van der Waals surface area contributed by atoms with Crippen LogP contribution < -0.4 is 0 Å². The lowest BCUT2D eigenvalue weighted by Crippen LogP contribution is -2.81. The maximum Gasteiger partial charge on any atom is 0.229 e.